The molecular formula is C19H25ClO2Si. The number of halogens is 1. The van der Waals surface area contributed by atoms with E-state index in [4.69, 9.17) is 20.8 Å². The zero-order valence-electron chi connectivity index (χ0n) is 14.5. The van der Waals surface area contributed by atoms with E-state index in [0.29, 0.717) is 6.61 Å². The number of benzene rings is 2. The fourth-order valence-electron chi connectivity index (χ4n) is 1.82. The first-order valence-corrected chi connectivity index (χ1v) is 11.1. The van der Waals surface area contributed by atoms with Crippen molar-refractivity contribution in [2.75, 3.05) is 0 Å². The Kier molecular flexibility index (Phi) is 5.43. The summed E-state index contributed by atoms with van der Waals surface area (Å²) >= 11 is 5.89. The number of hydrogen-bond acceptors (Lipinski definition) is 2. The van der Waals surface area contributed by atoms with Crippen molar-refractivity contribution in [3.63, 3.8) is 0 Å². The Hall–Kier alpha value is -1.45. The molecule has 0 aliphatic heterocycles. The molecule has 2 nitrogen and oxygen atoms in total. The topological polar surface area (TPSA) is 18.5 Å². The highest BCUT2D eigenvalue weighted by Gasteiger charge is 2.38. The highest BCUT2D eigenvalue weighted by Crippen LogP contribution is 2.37. The minimum Gasteiger partial charge on any atom is -0.543 e. The first-order chi connectivity index (χ1) is 10.7. The van der Waals surface area contributed by atoms with Crippen molar-refractivity contribution in [3.8, 4) is 11.5 Å². The van der Waals surface area contributed by atoms with Crippen LogP contribution in [-0.4, -0.2) is 8.32 Å². The van der Waals surface area contributed by atoms with Crippen LogP contribution in [0.5, 0.6) is 11.5 Å². The third-order valence-electron chi connectivity index (χ3n) is 4.30. The van der Waals surface area contributed by atoms with Gasteiger partial charge in [-0.3, -0.25) is 0 Å². The Bertz CT molecular complexity index is 645. The molecule has 0 unspecified atom stereocenters. The molecule has 0 radical (unpaired) electrons. The van der Waals surface area contributed by atoms with Crippen molar-refractivity contribution >= 4 is 19.9 Å². The highest BCUT2D eigenvalue weighted by atomic mass is 35.5. The second-order valence-corrected chi connectivity index (χ2v) is 12.4. The van der Waals surface area contributed by atoms with Gasteiger partial charge in [0.05, 0.1) is 0 Å². The molecule has 0 spiro atoms. The van der Waals surface area contributed by atoms with E-state index in [1.807, 2.05) is 48.5 Å². The molecule has 0 amide bonds. The number of rotatable bonds is 5. The van der Waals surface area contributed by atoms with E-state index in [-0.39, 0.29) is 5.04 Å². The predicted octanol–water partition coefficient (Wildman–Crippen LogP) is 6.30. The average molecular weight is 349 g/mol. The smallest absolute Gasteiger partial charge is 0.250 e. The van der Waals surface area contributed by atoms with Crippen molar-refractivity contribution < 1.29 is 9.16 Å². The molecule has 0 atom stereocenters. The SMILES string of the molecule is CC(C)(C)[Si](C)(C)Oc1cccc(OCc2ccc(Cl)cc2)c1. The largest absolute Gasteiger partial charge is 0.543 e. The second kappa shape index (κ2) is 6.98. The Morgan fingerprint density at radius 3 is 2.17 bits per heavy atom. The summed E-state index contributed by atoms with van der Waals surface area (Å²) in [6.45, 7) is 11.7. The highest BCUT2D eigenvalue weighted by molar-refractivity contribution is 6.74. The Morgan fingerprint density at radius 2 is 1.57 bits per heavy atom. The van der Waals surface area contributed by atoms with Crippen LogP contribution in [0, 0.1) is 0 Å². The summed E-state index contributed by atoms with van der Waals surface area (Å²) in [5.41, 5.74) is 1.09. The van der Waals surface area contributed by atoms with Crippen molar-refractivity contribution in [3.05, 3.63) is 59.1 Å². The zero-order chi connectivity index (χ0) is 17.1. The average Bonchev–Trinajstić information content (AvgIpc) is 2.45. The lowest BCUT2D eigenvalue weighted by Gasteiger charge is -2.36. The normalized spacial score (nSPS) is 12.1. The monoisotopic (exact) mass is 348 g/mol. The lowest BCUT2D eigenvalue weighted by atomic mass is 10.2. The molecule has 0 N–H and O–H groups in total. The summed E-state index contributed by atoms with van der Waals surface area (Å²) in [6.07, 6.45) is 0. The van der Waals surface area contributed by atoms with Crippen LogP contribution in [0.15, 0.2) is 48.5 Å². The van der Waals surface area contributed by atoms with Crippen molar-refractivity contribution in [1.82, 2.24) is 0 Å². The molecule has 0 aliphatic rings. The lowest BCUT2D eigenvalue weighted by molar-refractivity contribution is 0.305. The van der Waals surface area contributed by atoms with Crippen LogP contribution in [-0.2, 0) is 6.61 Å². The molecule has 23 heavy (non-hydrogen) atoms. The van der Waals surface area contributed by atoms with Gasteiger partial charge >= 0.3 is 0 Å². The minimum absolute atomic E-state index is 0.174. The van der Waals surface area contributed by atoms with Crippen LogP contribution in [0.25, 0.3) is 0 Å². The third kappa shape index (κ3) is 5.01. The summed E-state index contributed by atoms with van der Waals surface area (Å²) in [5.74, 6) is 1.70. The van der Waals surface area contributed by atoms with E-state index in [2.05, 4.69) is 33.9 Å². The molecule has 4 heteroatoms. The zero-order valence-corrected chi connectivity index (χ0v) is 16.3. The van der Waals surface area contributed by atoms with Crippen LogP contribution in [0.2, 0.25) is 23.2 Å². The van der Waals surface area contributed by atoms with Gasteiger partial charge in [0.15, 0.2) is 0 Å². The van der Waals surface area contributed by atoms with Crippen molar-refractivity contribution in [2.24, 2.45) is 0 Å². The standard InChI is InChI=1S/C19H25ClO2Si/c1-19(2,3)23(4,5)22-18-8-6-7-17(13-18)21-14-15-9-11-16(20)12-10-15/h6-13H,14H2,1-5H3. The molecule has 0 heterocycles. The Labute approximate surface area is 145 Å². The first-order valence-electron chi connectivity index (χ1n) is 7.84. The van der Waals surface area contributed by atoms with Crippen LogP contribution < -0.4 is 9.16 Å². The molecule has 0 bridgehead atoms. The minimum atomic E-state index is -1.83. The number of ether oxygens (including phenoxy) is 1. The van der Waals surface area contributed by atoms with Gasteiger partial charge in [-0.1, -0.05) is 50.6 Å². The van der Waals surface area contributed by atoms with Gasteiger partial charge in [-0.25, -0.2) is 0 Å². The maximum Gasteiger partial charge on any atom is 0.250 e. The van der Waals surface area contributed by atoms with Crippen molar-refractivity contribution in [1.29, 1.82) is 0 Å². The van der Waals surface area contributed by atoms with Gasteiger partial charge in [0.2, 0.25) is 8.32 Å². The van der Waals surface area contributed by atoms with Crippen LogP contribution in [0.4, 0.5) is 0 Å². The van der Waals surface area contributed by atoms with E-state index in [9.17, 15) is 0 Å². The van der Waals surface area contributed by atoms with Crippen LogP contribution in [0.1, 0.15) is 26.3 Å². The molecule has 0 saturated heterocycles. The summed E-state index contributed by atoms with van der Waals surface area (Å²) in [5, 5.41) is 0.909. The molecule has 2 aromatic carbocycles. The molecule has 0 fully saturated rings. The molecule has 0 aliphatic carbocycles. The number of hydrogen-bond donors (Lipinski definition) is 0. The van der Waals surface area contributed by atoms with Gasteiger partial charge in [0.1, 0.15) is 18.1 Å². The predicted molar refractivity (Wildman–Crippen MR) is 100 cm³/mol. The second-order valence-electron chi connectivity index (χ2n) is 7.25. The maximum absolute atomic E-state index is 6.32. The van der Waals surface area contributed by atoms with E-state index in [1.54, 1.807) is 0 Å². The van der Waals surface area contributed by atoms with Gasteiger partial charge in [0.25, 0.3) is 0 Å². The van der Waals surface area contributed by atoms with Gasteiger partial charge in [-0.2, -0.15) is 0 Å². The van der Waals surface area contributed by atoms with Crippen LogP contribution in [0.3, 0.4) is 0 Å². The molecule has 2 rings (SSSR count). The van der Waals surface area contributed by atoms with Gasteiger partial charge in [-0.05, 0) is 48.0 Å². The quantitative estimate of drug-likeness (QED) is 0.590. The molecular weight excluding hydrogens is 324 g/mol. The van der Waals surface area contributed by atoms with E-state index in [0.717, 1.165) is 22.1 Å². The van der Waals surface area contributed by atoms with Gasteiger partial charge in [-0.15, -0.1) is 0 Å². The molecule has 0 aromatic heterocycles. The maximum atomic E-state index is 6.32. The lowest BCUT2D eigenvalue weighted by Crippen LogP contribution is -2.43. The van der Waals surface area contributed by atoms with Crippen LogP contribution >= 0.6 is 11.6 Å². The summed E-state index contributed by atoms with van der Waals surface area (Å²) in [6, 6.07) is 15.6. The molecule has 124 valence electrons. The molecule has 2 aromatic rings. The first kappa shape index (κ1) is 17.9. The fraction of sp³-hybridized carbons (Fsp3) is 0.368. The third-order valence-corrected chi connectivity index (χ3v) is 8.91. The van der Waals surface area contributed by atoms with Crippen molar-refractivity contribution in [2.45, 2.75) is 45.5 Å². The van der Waals surface area contributed by atoms with E-state index < -0.39 is 8.32 Å². The Balaban J connectivity index is 2.04. The molecule has 0 saturated carbocycles. The van der Waals surface area contributed by atoms with E-state index >= 15 is 0 Å². The Morgan fingerprint density at radius 1 is 0.957 bits per heavy atom. The van der Waals surface area contributed by atoms with E-state index in [1.165, 1.54) is 0 Å². The summed E-state index contributed by atoms with van der Waals surface area (Å²) in [4.78, 5) is 0. The van der Waals surface area contributed by atoms with Gasteiger partial charge in [0, 0.05) is 11.1 Å². The summed E-state index contributed by atoms with van der Waals surface area (Å²) in [7, 11) is -1.83. The summed E-state index contributed by atoms with van der Waals surface area (Å²) < 4.78 is 12.2. The fourth-order valence-corrected chi connectivity index (χ4v) is 2.97. The van der Waals surface area contributed by atoms with Gasteiger partial charge < -0.3 is 9.16 Å².